The van der Waals surface area contributed by atoms with E-state index in [9.17, 15) is 0 Å². The lowest BCUT2D eigenvalue weighted by Crippen LogP contribution is -2.11. The number of hydrogen-bond donors (Lipinski definition) is 0. The van der Waals surface area contributed by atoms with Crippen molar-refractivity contribution in [3.05, 3.63) is 0 Å². The van der Waals surface area contributed by atoms with Gasteiger partial charge in [0.15, 0.2) is 0 Å². The number of unbranched alkanes of at least 4 members (excludes halogenated alkanes) is 1. The van der Waals surface area contributed by atoms with E-state index in [1.165, 1.54) is 25.8 Å². The molecular weight excluding hydrogens is 266 g/mol. The van der Waals surface area contributed by atoms with Crippen molar-refractivity contribution in [3.8, 4) is 0 Å². The van der Waals surface area contributed by atoms with Crippen molar-refractivity contribution in [2.24, 2.45) is 0 Å². The van der Waals surface area contributed by atoms with Crippen LogP contribution < -0.4 is 0 Å². The van der Waals surface area contributed by atoms with Gasteiger partial charge < -0.3 is 19.1 Å². The maximum Gasteiger partial charge on any atom is 0.0701 e. The molecule has 4 heteroatoms. The second-order valence-electron chi connectivity index (χ2n) is 5.02. The summed E-state index contributed by atoms with van der Waals surface area (Å²) in [6.07, 6.45) is 4.96. The van der Waals surface area contributed by atoms with E-state index in [0.29, 0.717) is 26.4 Å². The van der Waals surface area contributed by atoms with Gasteiger partial charge in [0.05, 0.1) is 26.4 Å². The number of rotatable bonds is 11. The molecule has 0 aromatic carbocycles. The van der Waals surface area contributed by atoms with E-state index >= 15 is 0 Å². The van der Waals surface area contributed by atoms with Crippen LogP contribution in [0.4, 0.5) is 0 Å². The average Bonchev–Trinajstić information content (AvgIpc) is 2.47. The first kappa shape index (κ1) is 25.8. The highest BCUT2D eigenvalue weighted by molar-refractivity contribution is 4.34. The summed E-state index contributed by atoms with van der Waals surface area (Å²) < 4.78 is 15.2. The van der Waals surface area contributed by atoms with Crippen LogP contribution in [0.5, 0.6) is 0 Å². The number of ether oxygens (including phenoxy) is 3. The zero-order valence-electron chi connectivity index (χ0n) is 15.7. The summed E-state index contributed by atoms with van der Waals surface area (Å²) in [4.78, 5) is 2.18. The number of nitrogens with zero attached hydrogens (tertiary/aromatic N) is 1. The van der Waals surface area contributed by atoms with Crippen LogP contribution in [0.25, 0.3) is 0 Å². The molecule has 0 aromatic rings. The topological polar surface area (TPSA) is 30.9 Å². The first-order valence-corrected chi connectivity index (χ1v) is 8.39. The Morgan fingerprint density at radius 2 is 1.10 bits per heavy atom. The molecule has 0 N–H and O–H groups in total. The zero-order valence-corrected chi connectivity index (χ0v) is 15.7. The fourth-order valence-corrected chi connectivity index (χ4v) is 1.06. The molecule has 0 saturated heterocycles. The molecule has 0 radical (unpaired) electrons. The van der Waals surface area contributed by atoms with Crippen LogP contribution >= 0.6 is 0 Å². The standard InChI is InChI=1S/C8H18O3.C5H13N.C4H10/c1-3-4-10-7-8-11-6-5-9-2;1-4-5-6(2)3;1-3-4-2/h3-8H2,1-2H3;4-5H2,1-3H3;3-4H2,1-2H3. The third-order valence-electron chi connectivity index (χ3n) is 2.32. The normalized spacial score (nSPS) is 9.71. The second-order valence-corrected chi connectivity index (χ2v) is 5.02. The second kappa shape index (κ2) is 28.1. The summed E-state index contributed by atoms with van der Waals surface area (Å²) >= 11 is 0. The summed E-state index contributed by atoms with van der Waals surface area (Å²) in [7, 11) is 5.84. The van der Waals surface area contributed by atoms with Crippen molar-refractivity contribution in [2.75, 3.05) is 60.8 Å². The molecule has 0 bridgehead atoms. The molecule has 0 rings (SSSR count). The summed E-state index contributed by atoms with van der Waals surface area (Å²) in [6, 6.07) is 0. The van der Waals surface area contributed by atoms with Gasteiger partial charge in [-0.3, -0.25) is 0 Å². The van der Waals surface area contributed by atoms with Gasteiger partial charge in [0.2, 0.25) is 0 Å². The summed E-state index contributed by atoms with van der Waals surface area (Å²) in [6.45, 7) is 13.3. The molecule has 0 aliphatic rings. The van der Waals surface area contributed by atoms with Crippen LogP contribution in [0, 0.1) is 0 Å². The van der Waals surface area contributed by atoms with Gasteiger partial charge in [-0.15, -0.1) is 0 Å². The molecule has 0 aliphatic carbocycles. The van der Waals surface area contributed by atoms with E-state index in [-0.39, 0.29) is 0 Å². The van der Waals surface area contributed by atoms with E-state index in [1.54, 1.807) is 7.11 Å². The lowest BCUT2D eigenvalue weighted by atomic mass is 10.4. The van der Waals surface area contributed by atoms with Gasteiger partial charge in [-0.2, -0.15) is 0 Å². The van der Waals surface area contributed by atoms with Crippen LogP contribution in [0.3, 0.4) is 0 Å². The summed E-state index contributed by atoms with van der Waals surface area (Å²) in [5.74, 6) is 0. The minimum absolute atomic E-state index is 0.659. The third-order valence-corrected chi connectivity index (χ3v) is 2.32. The molecule has 0 fully saturated rings. The fourth-order valence-electron chi connectivity index (χ4n) is 1.06. The predicted molar refractivity (Wildman–Crippen MR) is 93.2 cm³/mol. The highest BCUT2D eigenvalue weighted by atomic mass is 16.5. The van der Waals surface area contributed by atoms with Crippen molar-refractivity contribution in [3.63, 3.8) is 0 Å². The SMILES string of the molecule is CCCC.CCCN(C)C.CCCOCCOCCOC. The maximum atomic E-state index is 5.20. The molecule has 0 atom stereocenters. The van der Waals surface area contributed by atoms with Crippen molar-refractivity contribution >= 4 is 0 Å². The number of hydrogen-bond acceptors (Lipinski definition) is 4. The Labute approximate surface area is 134 Å². The molecule has 21 heavy (non-hydrogen) atoms. The molecule has 4 nitrogen and oxygen atoms in total. The lowest BCUT2D eigenvalue weighted by molar-refractivity contribution is 0.0250. The average molecular weight is 308 g/mol. The van der Waals surface area contributed by atoms with Crippen LogP contribution in [-0.4, -0.2) is 65.7 Å². The lowest BCUT2D eigenvalue weighted by Gasteiger charge is -2.03. The van der Waals surface area contributed by atoms with Gasteiger partial charge in [-0.1, -0.05) is 40.5 Å². The van der Waals surface area contributed by atoms with Crippen molar-refractivity contribution < 1.29 is 14.2 Å². The first-order chi connectivity index (χ1) is 10.1. The molecule has 0 saturated carbocycles. The Bertz CT molecular complexity index is 134. The van der Waals surface area contributed by atoms with Gasteiger partial charge in [0.1, 0.15) is 0 Å². The quantitative estimate of drug-likeness (QED) is 0.543. The molecule has 0 aromatic heterocycles. The van der Waals surface area contributed by atoms with Gasteiger partial charge >= 0.3 is 0 Å². The minimum atomic E-state index is 0.659. The Morgan fingerprint density at radius 1 is 0.619 bits per heavy atom. The van der Waals surface area contributed by atoms with Crippen LogP contribution in [0.15, 0.2) is 0 Å². The van der Waals surface area contributed by atoms with Gasteiger partial charge in [-0.25, -0.2) is 0 Å². The molecule has 0 unspecified atom stereocenters. The van der Waals surface area contributed by atoms with E-state index in [1.807, 2.05) is 0 Å². The first-order valence-electron chi connectivity index (χ1n) is 8.39. The Kier molecular flexibility index (Phi) is 34.4. The Balaban J connectivity index is -0.000000272. The summed E-state index contributed by atoms with van der Waals surface area (Å²) in [5, 5.41) is 0. The van der Waals surface area contributed by atoms with Crippen molar-refractivity contribution in [1.29, 1.82) is 0 Å². The smallest absolute Gasteiger partial charge is 0.0701 e. The molecule has 0 aliphatic heterocycles. The van der Waals surface area contributed by atoms with E-state index in [2.05, 4.69) is 46.7 Å². The molecule has 0 spiro atoms. The van der Waals surface area contributed by atoms with Crippen LogP contribution in [0.2, 0.25) is 0 Å². The summed E-state index contributed by atoms with van der Waals surface area (Å²) in [5.41, 5.74) is 0. The minimum Gasteiger partial charge on any atom is -0.382 e. The number of methoxy groups -OCH3 is 1. The largest absolute Gasteiger partial charge is 0.382 e. The maximum absolute atomic E-state index is 5.20. The molecule has 0 heterocycles. The monoisotopic (exact) mass is 307 g/mol. The van der Waals surface area contributed by atoms with Crippen LogP contribution in [-0.2, 0) is 14.2 Å². The zero-order chi connectivity index (χ0) is 16.8. The third kappa shape index (κ3) is 45.0. The van der Waals surface area contributed by atoms with E-state index in [4.69, 9.17) is 14.2 Å². The Morgan fingerprint density at radius 3 is 1.38 bits per heavy atom. The molecule has 132 valence electrons. The molecular formula is C17H41NO3. The van der Waals surface area contributed by atoms with Gasteiger partial charge in [-0.05, 0) is 33.5 Å². The fraction of sp³-hybridized carbons (Fsp3) is 1.00. The van der Waals surface area contributed by atoms with Crippen molar-refractivity contribution in [1.82, 2.24) is 4.90 Å². The molecule has 0 amide bonds. The van der Waals surface area contributed by atoms with Gasteiger partial charge in [0.25, 0.3) is 0 Å². The van der Waals surface area contributed by atoms with Crippen molar-refractivity contribution in [2.45, 2.75) is 53.4 Å². The van der Waals surface area contributed by atoms with Crippen LogP contribution in [0.1, 0.15) is 53.4 Å². The van der Waals surface area contributed by atoms with E-state index < -0.39 is 0 Å². The van der Waals surface area contributed by atoms with Gasteiger partial charge in [0, 0.05) is 13.7 Å². The highest BCUT2D eigenvalue weighted by Gasteiger charge is 1.87. The Hall–Kier alpha value is -0.160. The predicted octanol–water partition coefficient (Wildman–Crippen LogP) is 3.84. The highest BCUT2D eigenvalue weighted by Crippen LogP contribution is 1.81. The van der Waals surface area contributed by atoms with E-state index in [0.717, 1.165) is 13.0 Å².